The van der Waals surface area contributed by atoms with Crippen molar-refractivity contribution < 1.29 is 0 Å². The number of hydrogen-bond acceptors (Lipinski definition) is 2. The minimum Gasteiger partial charge on any atom is -0.785 e. The van der Waals surface area contributed by atoms with E-state index in [0.29, 0.717) is 0 Å². The minimum absolute atomic E-state index is 0.723. The molecule has 1 aliphatic carbocycles. The number of hydrogen-bond donors (Lipinski definition) is 0. The van der Waals surface area contributed by atoms with E-state index < -0.39 is 0 Å². The van der Waals surface area contributed by atoms with E-state index in [9.17, 15) is 5.21 Å². The molecule has 0 aliphatic heterocycles. The second kappa shape index (κ2) is 4.83. The maximum Gasteiger partial charge on any atom is -0.0144 e. The molecule has 12 heavy (non-hydrogen) atoms. The molecule has 2 atom stereocenters. The van der Waals surface area contributed by atoms with Crippen molar-refractivity contribution >= 4 is 0 Å². The van der Waals surface area contributed by atoms with Gasteiger partial charge in [0.1, 0.15) is 0 Å². The van der Waals surface area contributed by atoms with Crippen LogP contribution in [0.3, 0.4) is 0 Å². The van der Waals surface area contributed by atoms with Crippen LogP contribution in [0.2, 0.25) is 0 Å². The summed E-state index contributed by atoms with van der Waals surface area (Å²) in [6, 6.07) is 0. The molecule has 0 aromatic carbocycles. The van der Waals surface area contributed by atoms with Crippen molar-refractivity contribution in [1.82, 2.24) is 5.06 Å². The summed E-state index contributed by atoms with van der Waals surface area (Å²) >= 11 is 0. The van der Waals surface area contributed by atoms with Gasteiger partial charge in [-0.05, 0) is 31.8 Å². The molecule has 0 aromatic heterocycles. The molecule has 1 fully saturated rings. The van der Waals surface area contributed by atoms with Gasteiger partial charge in [-0.1, -0.05) is 32.6 Å². The van der Waals surface area contributed by atoms with Gasteiger partial charge in [0.05, 0.1) is 0 Å². The van der Waals surface area contributed by atoms with Crippen LogP contribution in [0.4, 0.5) is 0 Å². The fraction of sp³-hybridized carbons (Fsp3) is 1.00. The number of rotatable bonds is 4. The van der Waals surface area contributed by atoms with Crippen molar-refractivity contribution in [2.75, 3.05) is 13.6 Å². The van der Waals surface area contributed by atoms with Crippen LogP contribution in [0.5, 0.6) is 0 Å². The summed E-state index contributed by atoms with van der Waals surface area (Å²) in [5, 5.41) is 11.8. The lowest BCUT2D eigenvalue weighted by Gasteiger charge is -2.25. The lowest BCUT2D eigenvalue weighted by molar-refractivity contribution is 0.313. The Morgan fingerprint density at radius 1 is 1.33 bits per heavy atom. The minimum atomic E-state index is 0.723. The van der Waals surface area contributed by atoms with Crippen molar-refractivity contribution in [1.29, 1.82) is 0 Å². The van der Waals surface area contributed by atoms with E-state index >= 15 is 0 Å². The summed E-state index contributed by atoms with van der Waals surface area (Å²) in [6.45, 7) is 2.99. The third kappa shape index (κ3) is 2.76. The fourth-order valence-electron chi connectivity index (χ4n) is 2.38. The smallest absolute Gasteiger partial charge is 0.0144 e. The van der Waals surface area contributed by atoms with Crippen molar-refractivity contribution in [3.8, 4) is 0 Å². The molecule has 0 N–H and O–H groups in total. The van der Waals surface area contributed by atoms with Crippen LogP contribution in [0.15, 0.2) is 0 Å². The van der Waals surface area contributed by atoms with Gasteiger partial charge in [-0.2, -0.15) is 0 Å². The van der Waals surface area contributed by atoms with Gasteiger partial charge in [0.25, 0.3) is 0 Å². The standard InChI is InChI=1S/C10H20NO/c1-3-9-5-4-6-10(9)7-8-11(2)12/h9-10H,3-8H2,1-2H3/q-1. The predicted molar refractivity (Wildman–Crippen MR) is 51.7 cm³/mol. The van der Waals surface area contributed by atoms with Crippen LogP contribution >= 0.6 is 0 Å². The molecule has 1 saturated carbocycles. The van der Waals surface area contributed by atoms with Gasteiger partial charge in [-0.3, -0.25) is 0 Å². The zero-order valence-corrected chi connectivity index (χ0v) is 8.25. The first-order valence-corrected chi connectivity index (χ1v) is 5.12. The molecule has 2 heteroatoms. The zero-order valence-electron chi connectivity index (χ0n) is 8.25. The molecule has 72 valence electrons. The molecule has 2 unspecified atom stereocenters. The monoisotopic (exact) mass is 170 g/mol. The molecular weight excluding hydrogens is 150 g/mol. The van der Waals surface area contributed by atoms with Crippen molar-refractivity contribution in [3.05, 3.63) is 5.21 Å². The van der Waals surface area contributed by atoms with Gasteiger partial charge in [0.15, 0.2) is 0 Å². The molecule has 2 nitrogen and oxygen atoms in total. The van der Waals surface area contributed by atoms with E-state index in [1.165, 1.54) is 25.7 Å². The maximum atomic E-state index is 10.7. The highest BCUT2D eigenvalue weighted by atomic mass is 16.5. The molecule has 1 aliphatic rings. The topological polar surface area (TPSA) is 26.3 Å². The highest BCUT2D eigenvalue weighted by molar-refractivity contribution is 4.77. The normalized spacial score (nSPS) is 30.0. The van der Waals surface area contributed by atoms with E-state index in [0.717, 1.165) is 29.9 Å². The largest absolute Gasteiger partial charge is 0.785 e. The average Bonchev–Trinajstić information content (AvgIpc) is 2.47. The van der Waals surface area contributed by atoms with Crippen molar-refractivity contribution in [2.24, 2.45) is 11.8 Å². The fourth-order valence-corrected chi connectivity index (χ4v) is 2.38. The van der Waals surface area contributed by atoms with Crippen molar-refractivity contribution in [2.45, 2.75) is 39.0 Å². The Bertz CT molecular complexity index is 125. The Labute approximate surface area is 75.5 Å². The number of hydroxylamine groups is 2. The average molecular weight is 170 g/mol. The SMILES string of the molecule is CCC1CCCC1CCN(C)[O-]. The van der Waals surface area contributed by atoms with E-state index in [4.69, 9.17) is 0 Å². The van der Waals surface area contributed by atoms with Crippen molar-refractivity contribution in [3.63, 3.8) is 0 Å². The van der Waals surface area contributed by atoms with Crippen LogP contribution in [0, 0.1) is 17.0 Å². The first-order chi connectivity index (χ1) is 5.74. The molecule has 0 spiro atoms. The van der Waals surface area contributed by atoms with Crippen LogP contribution in [-0.2, 0) is 0 Å². The molecule has 0 amide bonds. The van der Waals surface area contributed by atoms with Crippen LogP contribution < -0.4 is 0 Å². The summed E-state index contributed by atoms with van der Waals surface area (Å²) in [6.07, 6.45) is 6.54. The third-order valence-electron chi connectivity index (χ3n) is 3.16. The lowest BCUT2D eigenvalue weighted by atomic mass is 9.91. The van der Waals surface area contributed by atoms with Gasteiger partial charge in [0.2, 0.25) is 0 Å². The van der Waals surface area contributed by atoms with Gasteiger partial charge in [-0.25, -0.2) is 0 Å². The van der Waals surface area contributed by atoms with Gasteiger partial charge < -0.3 is 10.3 Å². The molecule has 0 saturated heterocycles. The van der Waals surface area contributed by atoms with E-state index in [1.807, 2.05) is 0 Å². The molecule has 0 bridgehead atoms. The highest BCUT2D eigenvalue weighted by Gasteiger charge is 2.24. The van der Waals surface area contributed by atoms with E-state index in [1.54, 1.807) is 7.05 Å². The van der Waals surface area contributed by atoms with Gasteiger partial charge in [0, 0.05) is 0 Å². The number of nitrogens with zero attached hydrogens (tertiary/aromatic N) is 1. The molecule has 0 aromatic rings. The van der Waals surface area contributed by atoms with Gasteiger partial charge >= 0.3 is 0 Å². The molecular formula is C10H20NO-. The second-order valence-electron chi connectivity index (χ2n) is 4.00. The Morgan fingerprint density at radius 3 is 2.58 bits per heavy atom. The first kappa shape index (κ1) is 10.0. The summed E-state index contributed by atoms with van der Waals surface area (Å²) in [4.78, 5) is 0. The van der Waals surface area contributed by atoms with E-state index in [2.05, 4.69) is 6.92 Å². The second-order valence-corrected chi connectivity index (χ2v) is 4.00. The Kier molecular flexibility index (Phi) is 4.02. The Hall–Kier alpha value is -0.0800. The summed E-state index contributed by atoms with van der Waals surface area (Å²) < 4.78 is 0. The quantitative estimate of drug-likeness (QED) is 0.606. The molecule has 1 rings (SSSR count). The van der Waals surface area contributed by atoms with Crippen LogP contribution in [0.1, 0.15) is 39.0 Å². The lowest BCUT2D eigenvalue weighted by Crippen LogP contribution is -2.17. The molecule has 0 heterocycles. The maximum absolute atomic E-state index is 10.7. The summed E-state index contributed by atoms with van der Waals surface area (Å²) in [7, 11) is 1.62. The van der Waals surface area contributed by atoms with Crippen LogP contribution in [-0.4, -0.2) is 18.7 Å². The Morgan fingerprint density at radius 2 is 2.00 bits per heavy atom. The Balaban J connectivity index is 2.21. The third-order valence-corrected chi connectivity index (χ3v) is 3.16. The highest BCUT2D eigenvalue weighted by Crippen LogP contribution is 2.35. The zero-order chi connectivity index (χ0) is 8.97. The first-order valence-electron chi connectivity index (χ1n) is 5.12. The molecule has 0 radical (unpaired) electrons. The summed E-state index contributed by atoms with van der Waals surface area (Å²) in [5.74, 6) is 1.75. The van der Waals surface area contributed by atoms with Crippen LogP contribution in [0.25, 0.3) is 0 Å². The summed E-state index contributed by atoms with van der Waals surface area (Å²) in [5.41, 5.74) is 0. The van der Waals surface area contributed by atoms with E-state index in [-0.39, 0.29) is 0 Å². The predicted octanol–water partition coefficient (Wildman–Crippen LogP) is 2.63. The van der Waals surface area contributed by atoms with Gasteiger partial charge in [-0.15, -0.1) is 0 Å².